The van der Waals surface area contributed by atoms with E-state index in [2.05, 4.69) is 17.3 Å². The van der Waals surface area contributed by atoms with E-state index in [1.54, 1.807) is 6.07 Å². The number of nitrogens with one attached hydrogen (secondary N) is 1. The van der Waals surface area contributed by atoms with Gasteiger partial charge < -0.3 is 19.4 Å². The summed E-state index contributed by atoms with van der Waals surface area (Å²) in [5.41, 5.74) is 0.319. The Kier molecular flexibility index (Phi) is 4.24. The monoisotopic (exact) mass is 292 g/mol. The van der Waals surface area contributed by atoms with Crippen molar-refractivity contribution in [3.8, 4) is 0 Å². The summed E-state index contributed by atoms with van der Waals surface area (Å²) in [6.45, 7) is 5.31. The van der Waals surface area contributed by atoms with E-state index < -0.39 is 0 Å². The van der Waals surface area contributed by atoms with Crippen LogP contribution in [0.5, 0.6) is 0 Å². The van der Waals surface area contributed by atoms with Crippen LogP contribution in [0.1, 0.15) is 18.7 Å². The highest BCUT2D eigenvalue weighted by Gasteiger charge is 2.30. The predicted molar refractivity (Wildman–Crippen MR) is 79.8 cm³/mol. The smallest absolute Gasteiger partial charge is 0.169 e. The third-order valence-electron chi connectivity index (χ3n) is 3.91. The summed E-state index contributed by atoms with van der Waals surface area (Å²) in [5, 5.41) is 4.19. The van der Waals surface area contributed by atoms with Gasteiger partial charge in [0.25, 0.3) is 0 Å². The van der Waals surface area contributed by atoms with Gasteiger partial charge in [0.1, 0.15) is 5.76 Å². The second-order valence-corrected chi connectivity index (χ2v) is 5.51. The molecule has 0 amide bonds. The Bertz CT molecular complexity index is 613. The molecule has 3 rings (SSSR count). The predicted octanol–water partition coefficient (Wildman–Crippen LogP) is 2.55. The zero-order chi connectivity index (χ0) is 14.8. The quantitative estimate of drug-likeness (QED) is 0.940. The van der Waals surface area contributed by atoms with E-state index in [0.717, 1.165) is 30.8 Å². The zero-order valence-corrected chi connectivity index (χ0v) is 12.4. The molecular weight excluding hydrogens is 271 g/mol. The fourth-order valence-corrected chi connectivity index (χ4v) is 2.85. The molecule has 2 atom stereocenters. The summed E-state index contributed by atoms with van der Waals surface area (Å²) < 4.78 is 25.5. The van der Waals surface area contributed by atoms with Gasteiger partial charge in [-0.3, -0.25) is 0 Å². The molecule has 0 aliphatic carbocycles. The van der Waals surface area contributed by atoms with Gasteiger partial charge in [0.2, 0.25) is 0 Å². The van der Waals surface area contributed by atoms with E-state index in [9.17, 15) is 4.39 Å². The Morgan fingerprint density at radius 3 is 3.05 bits per heavy atom. The van der Waals surface area contributed by atoms with Crippen LogP contribution in [-0.4, -0.2) is 44.3 Å². The average Bonchev–Trinajstić information content (AvgIpc) is 2.90. The highest BCUT2D eigenvalue weighted by molar-refractivity contribution is 5.78. The van der Waals surface area contributed by atoms with Crippen molar-refractivity contribution in [1.29, 1.82) is 0 Å². The first-order chi connectivity index (χ1) is 10.2. The number of ether oxygens (including phenoxy) is 1. The standard InChI is InChI=1S/C16H21FN2O2/c1-3-18-15(14-10-19(2)7-8-20-14)13-9-11-5-4-6-12(17)16(11)21-13/h4-6,9,14-15,18H,3,7-8,10H2,1-2H3. The first-order valence-corrected chi connectivity index (χ1v) is 7.40. The highest BCUT2D eigenvalue weighted by Crippen LogP contribution is 2.29. The second-order valence-electron chi connectivity index (χ2n) is 5.51. The van der Waals surface area contributed by atoms with Crippen molar-refractivity contribution in [1.82, 2.24) is 10.2 Å². The molecule has 1 aromatic carbocycles. The molecule has 1 aromatic heterocycles. The van der Waals surface area contributed by atoms with Crippen molar-refractivity contribution < 1.29 is 13.5 Å². The molecule has 1 aliphatic heterocycles. The van der Waals surface area contributed by atoms with Gasteiger partial charge in [0.15, 0.2) is 11.4 Å². The van der Waals surface area contributed by atoms with Gasteiger partial charge in [-0.25, -0.2) is 4.39 Å². The molecule has 2 heterocycles. The number of rotatable bonds is 4. The minimum absolute atomic E-state index is 0.00678. The maximum atomic E-state index is 13.8. The van der Waals surface area contributed by atoms with E-state index >= 15 is 0 Å². The molecule has 2 aromatic rings. The van der Waals surface area contributed by atoms with E-state index in [1.165, 1.54) is 6.07 Å². The van der Waals surface area contributed by atoms with Crippen molar-refractivity contribution in [3.05, 3.63) is 35.8 Å². The van der Waals surface area contributed by atoms with Gasteiger partial charge in [-0.2, -0.15) is 0 Å². The van der Waals surface area contributed by atoms with Crippen molar-refractivity contribution >= 4 is 11.0 Å². The van der Waals surface area contributed by atoms with Gasteiger partial charge in [-0.15, -0.1) is 0 Å². The Hall–Kier alpha value is -1.43. The van der Waals surface area contributed by atoms with Crippen LogP contribution in [0.4, 0.5) is 4.39 Å². The summed E-state index contributed by atoms with van der Waals surface area (Å²) in [5.74, 6) is 0.410. The molecule has 0 spiro atoms. The normalized spacial score (nSPS) is 21.8. The number of para-hydroxylation sites is 1. The van der Waals surface area contributed by atoms with Crippen LogP contribution in [0.15, 0.2) is 28.7 Å². The topological polar surface area (TPSA) is 37.6 Å². The van der Waals surface area contributed by atoms with Crippen molar-refractivity contribution in [2.75, 3.05) is 33.3 Å². The Balaban J connectivity index is 1.93. The average molecular weight is 292 g/mol. The second kappa shape index (κ2) is 6.13. The van der Waals surface area contributed by atoms with E-state index in [4.69, 9.17) is 9.15 Å². The molecule has 2 unspecified atom stereocenters. The number of nitrogens with zero attached hydrogens (tertiary/aromatic N) is 1. The molecule has 0 saturated carbocycles. The fourth-order valence-electron chi connectivity index (χ4n) is 2.85. The van der Waals surface area contributed by atoms with Crippen LogP contribution in [-0.2, 0) is 4.74 Å². The minimum Gasteiger partial charge on any atom is -0.456 e. The van der Waals surface area contributed by atoms with Crippen LogP contribution in [0.3, 0.4) is 0 Å². The lowest BCUT2D eigenvalue weighted by Crippen LogP contribution is -2.46. The van der Waals surface area contributed by atoms with Gasteiger partial charge in [0, 0.05) is 18.5 Å². The third kappa shape index (κ3) is 2.95. The van der Waals surface area contributed by atoms with Crippen molar-refractivity contribution in [2.45, 2.75) is 19.1 Å². The Morgan fingerprint density at radius 2 is 2.33 bits per heavy atom. The number of morpholine rings is 1. The van der Waals surface area contributed by atoms with Gasteiger partial charge in [-0.05, 0) is 25.7 Å². The van der Waals surface area contributed by atoms with Gasteiger partial charge in [0.05, 0.1) is 18.8 Å². The SMILES string of the molecule is CCNC(c1cc2cccc(F)c2o1)C1CN(C)CCO1. The van der Waals surface area contributed by atoms with E-state index in [0.29, 0.717) is 12.2 Å². The zero-order valence-electron chi connectivity index (χ0n) is 12.4. The minimum atomic E-state index is -0.323. The number of hydrogen-bond acceptors (Lipinski definition) is 4. The third-order valence-corrected chi connectivity index (χ3v) is 3.91. The first-order valence-electron chi connectivity index (χ1n) is 7.40. The van der Waals surface area contributed by atoms with Crippen LogP contribution in [0, 0.1) is 5.82 Å². The molecule has 0 radical (unpaired) electrons. The number of benzene rings is 1. The molecule has 1 aliphatic rings. The molecule has 21 heavy (non-hydrogen) atoms. The number of likely N-dealkylation sites (N-methyl/N-ethyl adjacent to an activating group) is 2. The molecule has 0 bridgehead atoms. The molecule has 1 N–H and O–H groups in total. The van der Waals surface area contributed by atoms with Crippen LogP contribution >= 0.6 is 0 Å². The number of furan rings is 1. The summed E-state index contributed by atoms with van der Waals surface area (Å²) in [7, 11) is 2.08. The molecule has 1 saturated heterocycles. The van der Waals surface area contributed by atoms with Gasteiger partial charge >= 0.3 is 0 Å². The highest BCUT2D eigenvalue weighted by atomic mass is 19.1. The van der Waals surface area contributed by atoms with Crippen LogP contribution in [0.25, 0.3) is 11.0 Å². The molecule has 1 fully saturated rings. The Labute approximate surface area is 123 Å². The fraction of sp³-hybridized carbons (Fsp3) is 0.500. The van der Waals surface area contributed by atoms with Crippen LogP contribution in [0.2, 0.25) is 0 Å². The summed E-state index contributed by atoms with van der Waals surface area (Å²) in [4.78, 5) is 2.24. The molecule has 5 heteroatoms. The molecule has 4 nitrogen and oxygen atoms in total. The lowest BCUT2D eigenvalue weighted by Gasteiger charge is -2.34. The molecular formula is C16H21FN2O2. The summed E-state index contributed by atoms with van der Waals surface area (Å²) in [6.07, 6.45) is 0.00678. The summed E-state index contributed by atoms with van der Waals surface area (Å²) >= 11 is 0. The summed E-state index contributed by atoms with van der Waals surface area (Å²) in [6, 6.07) is 6.82. The van der Waals surface area contributed by atoms with Crippen LogP contribution < -0.4 is 5.32 Å². The number of hydrogen-bond donors (Lipinski definition) is 1. The number of halogens is 1. The Morgan fingerprint density at radius 1 is 1.48 bits per heavy atom. The lowest BCUT2D eigenvalue weighted by molar-refractivity contribution is -0.0422. The van der Waals surface area contributed by atoms with E-state index in [-0.39, 0.29) is 18.0 Å². The lowest BCUT2D eigenvalue weighted by atomic mass is 10.1. The van der Waals surface area contributed by atoms with E-state index in [1.807, 2.05) is 19.1 Å². The number of fused-ring (bicyclic) bond motifs is 1. The molecule has 114 valence electrons. The first kappa shape index (κ1) is 14.5. The van der Waals surface area contributed by atoms with Crippen molar-refractivity contribution in [2.24, 2.45) is 0 Å². The maximum absolute atomic E-state index is 13.8. The van der Waals surface area contributed by atoms with Gasteiger partial charge in [-0.1, -0.05) is 19.1 Å². The van der Waals surface area contributed by atoms with Crippen molar-refractivity contribution in [3.63, 3.8) is 0 Å². The largest absolute Gasteiger partial charge is 0.456 e. The maximum Gasteiger partial charge on any atom is 0.169 e.